The first kappa shape index (κ1) is 23.5. The van der Waals surface area contributed by atoms with Gasteiger partial charge in [0.05, 0.1) is 5.09 Å². The smallest absolute Gasteiger partial charge is 0.0689 e. The average molecular weight is 544 g/mol. The molecule has 0 saturated heterocycles. The molecule has 0 unspecified atom stereocenters. The average Bonchev–Trinajstić information content (AvgIpc) is 0.811. The van der Waals surface area contributed by atoms with Crippen LogP contribution in [0.2, 0.25) is 0 Å². The van der Waals surface area contributed by atoms with Crippen molar-refractivity contribution in [3.8, 4) is 0 Å². The summed E-state index contributed by atoms with van der Waals surface area (Å²) in [5.41, 5.74) is 0. The van der Waals surface area contributed by atoms with Crippen LogP contribution in [0, 0.1) is 15.3 Å². The maximum atomic E-state index is 8.25. The Hall–Kier alpha value is 1.55. The van der Waals surface area contributed by atoms with Crippen molar-refractivity contribution in [2.45, 2.75) is 0 Å². The summed E-state index contributed by atoms with van der Waals surface area (Å²) in [6, 6.07) is 0. The van der Waals surface area contributed by atoms with Crippen LogP contribution in [-0.4, -0.2) is 5.09 Å². The third-order valence-corrected chi connectivity index (χ3v) is 0. The van der Waals surface area contributed by atoms with E-state index >= 15 is 0 Å². The Kier molecular flexibility index (Phi) is 52.6. The molecule has 0 aromatic carbocycles. The second kappa shape index (κ2) is 15.6. The van der Waals surface area contributed by atoms with E-state index in [4.69, 9.17) is 15.3 Å². The number of hydrogen-bond acceptors (Lipinski definition) is 3. The topological polar surface area (TPSA) is 66.2 Å². The van der Waals surface area contributed by atoms with Crippen molar-refractivity contribution in [3.05, 3.63) is 15.3 Å². The van der Waals surface area contributed by atoms with Crippen molar-refractivity contribution in [2.75, 3.05) is 0 Å². The van der Waals surface area contributed by atoms with Crippen LogP contribution in [0.25, 0.3) is 0 Å². The van der Waals surface area contributed by atoms with Crippen molar-refractivity contribution in [2.24, 2.45) is 0 Å². The van der Waals surface area contributed by atoms with E-state index in [-0.39, 0.29) is 72.3 Å². The van der Waals surface area contributed by atoms with Gasteiger partial charge in [0.2, 0.25) is 0 Å². The summed E-state index contributed by atoms with van der Waals surface area (Å²) in [6.07, 6.45) is 0. The van der Waals surface area contributed by atoms with Crippen LogP contribution in [0.1, 0.15) is 0 Å². The summed E-state index contributed by atoms with van der Waals surface area (Å²) >= 11 is 0. The summed E-state index contributed by atoms with van der Waals surface area (Å²) in [6.45, 7) is 0. The fraction of sp³-hybridized carbons (Fsp3) is 0. The van der Waals surface area contributed by atoms with Crippen molar-refractivity contribution in [1.29, 1.82) is 0 Å². The van der Waals surface area contributed by atoms with E-state index < -0.39 is 5.09 Å². The van der Waals surface area contributed by atoms with E-state index in [2.05, 4.69) is 0 Å². The van der Waals surface area contributed by atoms with E-state index in [1.54, 1.807) is 0 Å². The molecule has 0 aliphatic rings. The minimum absolute atomic E-state index is 0. The maximum Gasteiger partial charge on any atom is 0.0689 e. The molecule has 0 fully saturated rings. The first-order chi connectivity index (χ1) is 1.73. The molecule has 7 heavy (non-hydrogen) atoms. The molecule has 0 atom stereocenters. The Morgan fingerprint density at radius 3 is 1.14 bits per heavy atom. The molecule has 36 valence electrons. The van der Waals surface area contributed by atoms with E-state index in [0.717, 1.165) is 0 Å². The van der Waals surface area contributed by atoms with Gasteiger partial charge < -0.3 is 15.3 Å². The number of hydrogen-bond donors (Lipinski definition) is 0. The standard InChI is InChI=1S/BrH.2Hg.NO3/c;;;2-1(3)4/h1H;;;/q;;;-1. The minimum atomic E-state index is -1.75. The van der Waals surface area contributed by atoms with Crippen molar-refractivity contribution >= 4 is 17.0 Å². The summed E-state index contributed by atoms with van der Waals surface area (Å²) in [4.78, 5) is 8.25. The van der Waals surface area contributed by atoms with Gasteiger partial charge in [-0.15, -0.1) is 17.0 Å². The van der Waals surface area contributed by atoms with Crippen LogP contribution in [-0.2, 0) is 55.3 Å². The van der Waals surface area contributed by atoms with Gasteiger partial charge in [-0.1, -0.05) is 0 Å². The predicted octanol–water partition coefficient (Wildman–Crippen LogP) is 0.334. The molecule has 0 rings (SSSR count). The summed E-state index contributed by atoms with van der Waals surface area (Å²) < 4.78 is 0. The van der Waals surface area contributed by atoms with Crippen LogP contribution in [0.5, 0.6) is 0 Å². The monoisotopic (exact) mass is 546 g/mol. The molecule has 0 spiro atoms. The maximum absolute atomic E-state index is 8.25. The Bertz CT molecular complexity index is 35.9. The zero-order valence-electron chi connectivity index (χ0n) is 3.49. The van der Waals surface area contributed by atoms with Gasteiger partial charge >= 0.3 is 0 Å². The molecule has 7 heteroatoms. The van der Waals surface area contributed by atoms with Crippen molar-refractivity contribution < 1.29 is 60.4 Å². The Morgan fingerprint density at radius 1 is 1.14 bits per heavy atom. The fourth-order valence-corrected chi connectivity index (χ4v) is 0. The van der Waals surface area contributed by atoms with Crippen LogP contribution in [0.3, 0.4) is 0 Å². The fourth-order valence-electron chi connectivity index (χ4n) is 0. The van der Waals surface area contributed by atoms with Gasteiger partial charge in [-0.3, -0.25) is 0 Å². The van der Waals surface area contributed by atoms with Crippen molar-refractivity contribution in [3.63, 3.8) is 0 Å². The zero-order chi connectivity index (χ0) is 3.58. The molecule has 0 heterocycles. The van der Waals surface area contributed by atoms with Gasteiger partial charge in [0, 0.05) is 55.3 Å². The van der Waals surface area contributed by atoms with Gasteiger partial charge in [-0.25, -0.2) is 0 Å². The summed E-state index contributed by atoms with van der Waals surface area (Å²) in [7, 11) is 0. The van der Waals surface area contributed by atoms with Crippen molar-refractivity contribution in [1.82, 2.24) is 0 Å². The van der Waals surface area contributed by atoms with Gasteiger partial charge in [-0.05, 0) is 0 Å². The third-order valence-electron chi connectivity index (χ3n) is 0. The molecule has 0 radical (unpaired) electrons. The molecule has 0 aliphatic carbocycles. The van der Waals surface area contributed by atoms with Crippen LogP contribution < -0.4 is 0 Å². The molecular weight excluding hydrogens is 543 g/mol. The predicted molar refractivity (Wildman–Crippen MR) is 20.7 cm³/mol. The van der Waals surface area contributed by atoms with Gasteiger partial charge in [0.25, 0.3) is 0 Å². The number of rotatable bonds is 0. The molecular formula is HBrHg2NO3-. The summed E-state index contributed by atoms with van der Waals surface area (Å²) in [5.74, 6) is 0. The Balaban J connectivity index is -0.0000000150. The van der Waals surface area contributed by atoms with Gasteiger partial charge in [-0.2, -0.15) is 0 Å². The first-order valence-electron chi connectivity index (χ1n) is 0.548. The molecule has 0 aromatic heterocycles. The second-order valence-electron chi connectivity index (χ2n) is 0.224. The molecule has 0 saturated carbocycles. The molecule has 0 bridgehead atoms. The number of nitrogens with zero attached hydrogens (tertiary/aromatic N) is 1. The molecule has 4 nitrogen and oxygen atoms in total. The van der Waals surface area contributed by atoms with E-state index in [9.17, 15) is 0 Å². The number of halogens is 1. The van der Waals surface area contributed by atoms with Crippen LogP contribution in [0.4, 0.5) is 0 Å². The molecule has 0 amide bonds. The molecule has 0 N–H and O–H groups in total. The Labute approximate surface area is 91.6 Å². The van der Waals surface area contributed by atoms with Crippen LogP contribution >= 0.6 is 17.0 Å². The van der Waals surface area contributed by atoms with Gasteiger partial charge in [0.15, 0.2) is 0 Å². The molecule has 0 aromatic rings. The second-order valence-corrected chi connectivity index (χ2v) is 0.224. The zero-order valence-corrected chi connectivity index (χ0v) is 16.2. The Morgan fingerprint density at radius 2 is 1.14 bits per heavy atom. The largest absolute Gasteiger partial charge is 0.356 e. The quantitative estimate of drug-likeness (QED) is 0.251. The molecule has 0 aliphatic heterocycles. The first-order valence-corrected chi connectivity index (χ1v) is 0.548. The van der Waals surface area contributed by atoms with E-state index in [1.807, 2.05) is 0 Å². The van der Waals surface area contributed by atoms with Crippen LogP contribution in [0.15, 0.2) is 0 Å². The van der Waals surface area contributed by atoms with E-state index in [1.165, 1.54) is 0 Å². The van der Waals surface area contributed by atoms with Gasteiger partial charge in [0.1, 0.15) is 0 Å². The normalized spacial score (nSPS) is 3.43. The third kappa shape index (κ3) is 96.8. The van der Waals surface area contributed by atoms with E-state index in [0.29, 0.717) is 0 Å². The summed E-state index contributed by atoms with van der Waals surface area (Å²) in [5, 5.41) is 14.8. The minimum Gasteiger partial charge on any atom is -0.356 e. The SMILES string of the molecule is Br.O=[N+]([O-])[O-].[Hg].[Hg].